The number of carboxylic acid groups (broad SMARTS) is 1. The molecule has 0 spiro atoms. The quantitative estimate of drug-likeness (QED) is 0.711. The summed E-state index contributed by atoms with van der Waals surface area (Å²) >= 11 is 0. The van der Waals surface area contributed by atoms with Gasteiger partial charge in [0, 0.05) is 6.42 Å². The fraction of sp³-hybridized carbons (Fsp3) is 0.909. The maximum Gasteiger partial charge on any atom is 0.323 e. The predicted molar refractivity (Wildman–Crippen MR) is 55.8 cm³/mol. The lowest BCUT2D eigenvalue weighted by Crippen LogP contribution is -2.55. The molecule has 4 heteroatoms. The van der Waals surface area contributed by atoms with E-state index in [4.69, 9.17) is 4.74 Å². The van der Waals surface area contributed by atoms with Crippen LogP contribution in [0.2, 0.25) is 0 Å². The molecule has 0 aliphatic carbocycles. The number of epoxide rings is 1. The molecule has 2 aliphatic heterocycles. The zero-order valence-electron chi connectivity index (χ0n) is 9.24. The molecule has 1 N–H and O–H groups in total. The minimum absolute atomic E-state index is 0.174. The number of carbonyl (C=O) groups is 1. The van der Waals surface area contributed by atoms with Crippen LogP contribution in [0.25, 0.3) is 0 Å². The monoisotopic (exact) mass is 213 g/mol. The van der Waals surface area contributed by atoms with Crippen LogP contribution in [0.15, 0.2) is 0 Å². The van der Waals surface area contributed by atoms with Gasteiger partial charge in [0.1, 0.15) is 5.54 Å². The van der Waals surface area contributed by atoms with Gasteiger partial charge < -0.3 is 9.84 Å². The molecule has 2 fully saturated rings. The first-order valence-electron chi connectivity index (χ1n) is 5.73. The van der Waals surface area contributed by atoms with E-state index in [1.807, 2.05) is 6.92 Å². The number of hydrogen-bond donors (Lipinski definition) is 1. The Morgan fingerprint density at radius 1 is 1.47 bits per heavy atom. The van der Waals surface area contributed by atoms with Crippen molar-refractivity contribution < 1.29 is 14.6 Å². The van der Waals surface area contributed by atoms with Crippen LogP contribution in [0.5, 0.6) is 0 Å². The first-order chi connectivity index (χ1) is 7.13. The number of carboxylic acids is 1. The maximum atomic E-state index is 11.4. The highest BCUT2D eigenvalue weighted by Gasteiger charge is 2.44. The van der Waals surface area contributed by atoms with Crippen molar-refractivity contribution in [2.24, 2.45) is 0 Å². The average Bonchev–Trinajstić information content (AvgIpc) is 3.02. The molecular weight excluding hydrogens is 194 g/mol. The molecule has 0 amide bonds. The molecule has 15 heavy (non-hydrogen) atoms. The van der Waals surface area contributed by atoms with Gasteiger partial charge in [-0.1, -0.05) is 6.42 Å². The largest absolute Gasteiger partial charge is 0.480 e. The third kappa shape index (κ3) is 2.32. The van der Waals surface area contributed by atoms with Gasteiger partial charge in [0.05, 0.1) is 12.7 Å². The van der Waals surface area contributed by atoms with Gasteiger partial charge in [0.15, 0.2) is 0 Å². The summed E-state index contributed by atoms with van der Waals surface area (Å²) in [6.45, 7) is 4.39. The minimum Gasteiger partial charge on any atom is -0.480 e. The minimum atomic E-state index is -0.721. The normalized spacial score (nSPS) is 30.9. The standard InChI is InChI=1S/C11H19NO3/c1-11(10(13)14,7-9-8-15-9)12-5-3-2-4-6-12/h9H,2-8H2,1H3,(H,13,14). The molecule has 0 radical (unpaired) electrons. The molecule has 2 atom stereocenters. The molecule has 0 aromatic rings. The lowest BCUT2D eigenvalue weighted by molar-refractivity contribution is -0.152. The van der Waals surface area contributed by atoms with Crippen molar-refractivity contribution in [1.29, 1.82) is 0 Å². The molecule has 2 rings (SSSR count). The summed E-state index contributed by atoms with van der Waals surface area (Å²) < 4.78 is 5.16. The van der Waals surface area contributed by atoms with Gasteiger partial charge >= 0.3 is 5.97 Å². The van der Waals surface area contributed by atoms with E-state index in [1.165, 1.54) is 6.42 Å². The lowest BCUT2D eigenvalue weighted by atomic mass is 9.91. The van der Waals surface area contributed by atoms with E-state index in [0.717, 1.165) is 32.5 Å². The Morgan fingerprint density at radius 3 is 2.53 bits per heavy atom. The van der Waals surface area contributed by atoms with Gasteiger partial charge in [-0.3, -0.25) is 9.69 Å². The van der Waals surface area contributed by atoms with Crippen LogP contribution in [-0.2, 0) is 9.53 Å². The van der Waals surface area contributed by atoms with E-state index in [1.54, 1.807) is 0 Å². The molecular formula is C11H19NO3. The van der Waals surface area contributed by atoms with Crippen molar-refractivity contribution in [2.75, 3.05) is 19.7 Å². The third-order valence-electron chi connectivity index (χ3n) is 3.54. The molecule has 2 heterocycles. The highest BCUT2D eigenvalue weighted by Crippen LogP contribution is 2.30. The first kappa shape index (κ1) is 10.9. The van der Waals surface area contributed by atoms with E-state index in [2.05, 4.69) is 4.90 Å². The van der Waals surface area contributed by atoms with Crippen molar-refractivity contribution in [3.63, 3.8) is 0 Å². The molecule has 4 nitrogen and oxygen atoms in total. The Hall–Kier alpha value is -0.610. The zero-order chi connectivity index (χ0) is 10.9. The molecule has 2 aliphatic rings. The summed E-state index contributed by atoms with van der Waals surface area (Å²) in [6, 6.07) is 0. The zero-order valence-corrected chi connectivity index (χ0v) is 9.24. The Labute approximate surface area is 90.2 Å². The van der Waals surface area contributed by atoms with Gasteiger partial charge in [-0.25, -0.2) is 0 Å². The van der Waals surface area contributed by atoms with Gasteiger partial charge in [-0.15, -0.1) is 0 Å². The summed E-state index contributed by atoms with van der Waals surface area (Å²) in [7, 11) is 0. The molecule has 2 saturated heterocycles. The summed E-state index contributed by atoms with van der Waals surface area (Å²) in [5, 5.41) is 9.36. The summed E-state index contributed by atoms with van der Waals surface area (Å²) in [5.74, 6) is -0.708. The van der Waals surface area contributed by atoms with Crippen molar-refractivity contribution >= 4 is 5.97 Å². The highest BCUT2D eigenvalue weighted by atomic mass is 16.6. The second-order valence-corrected chi connectivity index (χ2v) is 4.79. The molecule has 0 bridgehead atoms. The van der Waals surface area contributed by atoms with Crippen LogP contribution >= 0.6 is 0 Å². The number of nitrogens with zero attached hydrogens (tertiary/aromatic N) is 1. The molecule has 0 aromatic carbocycles. The van der Waals surface area contributed by atoms with Crippen LogP contribution in [0.3, 0.4) is 0 Å². The Kier molecular flexibility index (Phi) is 2.98. The third-order valence-corrected chi connectivity index (χ3v) is 3.54. The van der Waals surface area contributed by atoms with Gasteiger partial charge in [-0.05, 0) is 32.9 Å². The number of hydrogen-bond acceptors (Lipinski definition) is 3. The van der Waals surface area contributed by atoms with Crippen LogP contribution in [0.4, 0.5) is 0 Å². The number of likely N-dealkylation sites (tertiary alicyclic amines) is 1. The second-order valence-electron chi connectivity index (χ2n) is 4.79. The number of ether oxygens (including phenoxy) is 1. The summed E-state index contributed by atoms with van der Waals surface area (Å²) in [4.78, 5) is 13.5. The van der Waals surface area contributed by atoms with Crippen LogP contribution in [0, 0.1) is 0 Å². The van der Waals surface area contributed by atoms with E-state index in [0.29, 0.717) is 6.42 Å². The summed E-state index contributed by atoms with van der Waals surface area (Å²) in [5.41, 5.74) is -0.721. The Bertz CT molecular complexity index is 246. The van der Waals surface area contributed by atoms with Crippen LogP contribution in [-0.4, -0.2) is 47.3 Å². The van der Waals surface area contributed by atoms with E-state index < -0.39 is 11.5 Å². The Balaban J connectivity index is 2.04. The van der Waals surface area contributed by atoms with E-state index >= 15 is 0 Å². The average molecular weight is 213 g/mol. The van der Waals surface area contributed by atoms with Gasteiger partial charge in [-0.2, -0.15) is 0 Å². The highest BCUT2D eigenvalue weighted by molar-refractivity contribution is 5.78. The molecule has 2 unspecified atom stereocenters. The van der Waals surface area contributed by atoms with Crippen LogP contribution in [0.1, 0.15) is 32.6 Å². The van der Waals surface area contributed by atoms with E-state index in [9.17, 15) is 9.90 Å². The van der Waals surface area contributed by atoms with Gasteiger partial charge in [0.2, 0.25) is 0 Å². The molecule has 0 aromatic heterocycles. The van der Waals surface area contributed by atoms with Gasteiger partial charge in [0.25, 0.3) is 0 Å². The molecule has 86 valence electrons. The smallest absolute Gasteiger partial charge is 0.323 e. The maximum absolute atomic E-state index is 11.4. The Morgan fingerprint density at radius 2 is 2.07 bits per heavy atom. The van der Waals surface area contributed by atoms with Crippen molar-refractivity contribution in [3.8, 4) is 0 Å². The van der Waals surface area contributed by atoms with Crippen molar-refractivity contribution in [3.05, 3.63) is 0 Å². The van der Waals surface area contributed by atoms with E-state index in [-0.39, 0.29) is 6.10 Å². The first-order valence-corrected chi connectivity index (χ1v) is 5.73. The fourth-order valence-corrected chi connectivity index (χ4v) is 2.37. The number of rotatable bonds is 4. The SMILES string of the molecule is CC(CC1CO1)(C(=O)O)N1CCCCC1. The number of aliphatic carboxylic acids is 1. The number of piperidine rings is 1. The lowest BCUT2D eigenvalue weighted by Gasteiger charge is -2.40. The van der Waals surface area contributed by atoms with Crippen molar-refractivity contribution in [2.45, 2.75) is 44.2 Å². The van der Waals surface area contributed by atoms with Crippen LogP contribution < -0.4 is 0 Å². The predicted octanol–water partition coefficient (Wildman–Crippen LogP) is 1.10. The summed E-state index contributed by atoms with van der Waals surface area (Å²) in [6.07, 6.45) is 4.27. The van der Waals surface area contributed by atoms with Crippen molar-refractivity contribution in [1.82, 2.24) is 4.90 Å². The topological polar surface area (TPSA) is 53.1 Å². The molecule has 0 saturated carbocycles. The second kappa shape index (κ2) is 4.10. The fourth-order valence-electron chi connectivity index (χ4n) is 2.37.